The summed E-state index contributed by atoms with van der Waals surface area (Å²) in [6.07, 6.45) is 1.14. The lowest BCUT2D eigenvalue weighted by molar-refractivity contribution is 0.172. The highest BCUT2D eigenvalue weighted by atomic mass is 35.5. The van der Waals surface area contributed by atoms with Crippen molar-refractivity contribution in [3.05, 3.63) is 51.2 Å². The van der Waals surface area contributed by atoms with Crippen molar-refractivity contribution in [3.63, 3.8) is 0 Å². The molecule has 114 valence electrons. The van der Waals surface area contributed by atoms with Crippen LogP contribution in [0.1, 0.15) is 36.1 Å². The number of halogens is 1. The first-order valence-electron chi connectivity index (χ1n) is 7.32. The molecule has 2 atom stereocenters. The summed E-state index contributed by atoms with van der Waals surface area (Å²) < 4.78 is 6.08. The molecule has 2 nitrogen and oxygen atoms in total. The predicted octanol–water partition coefficient (Wildman–Crippen LogP) is 5.22. The molecule has 0 bridgehead atoms. The summed E-state index contributed by atoms with van der Waals surface area (Å²) in [6, 6.07) is 12.1. The van der Waals surface area contributed by atoms with Gasteiger partial charge in [0.05, 0.1) is 6.04 Å². The maximum atomic E-state index is 6.08. The molecule has 2 aromatic rings. The van der Waals surface area contributed by atoms with Gasteiger partial charge in [-0.15, -0.1) is 11.3 Å². The van der Waals surface area contributed by atoms with E-state index in [1.165, 1.54) is 9.75 Å². The Morgan fingerprint density at radius 1 is 1.29 bits per heavy atom. The zero-order chi connectivity index (χ0) is 15.2. The van der Waals surface area contributed by atoms with Gasteiger partial charge >= 0.3 is 0 Å². The van der Waals surface area contributed by atoms with Crippen LogP contribution in [0.15, 0.2) is 36.4 Å². The molecule has 1 aromatic carbocycles. The molecule has 0 aliphatic rings. The lowest BCUT2D eigenvalue weighted by atomic mass is 10.1. The Hall–Kier alpha value is -1.03. The smallest absolute Gasteiger partial charge is 0.121 e. The molecular formula is C17H22ClNOS. The first-order chi connectivity index (χ1) is 10.1. The Balaban J connectivity index is 2.12. The summed E-state index contributed by atoms with van der Waals surface area (Å²) >= 11 is 7.84. The van der Waals surface area contributed by atoms with E-state index in [0.717, 1.165) is 18.7 Å². The van der Waals surface area contributed by atoms with Crippen LogP contribution in [0.4, 0.5) is 0 Å². The maximum absolute atomic E-state index is 6.08. The van der Waals surface area contributed by atoms with Crippen LogP contribution < -0.4 is 10.1 Å². The van der Waals surface area contributed by atoms with Gasteiger partial charge in [-0.05, 0) is 57.1 Å². The van der Waals surface area contributed by atoms with Gasteiger partial charge in [0.25, 0.3) is 0 Å². The number of ether oxygens (including phenoxy) is 1. The molecule has 0 aliphatic carbocycles. The van der Waals surface area contributed by atoms with Crippen molar-refractivity contribution in [2.45, 2.75) is 39.3 Å². The average molecular weight is 324 g/mol. The molecule has 21 heavy (non-hydrogen) atoms. The van der Waals surface area contributed by atoms with Crippen LogP contribution in [0.25, 0.3) is 0 Å². The van der Waals surface area contributed by atoms with E-state index in [-0.39, 0.29) is 12.1 Å². The Morgan fingerprint density at radius 3 is 2.71 bits per heavy atom. The summed E-state index contributed by atoms with van der Waals surface area (Å²) in [5.74, 6) is 0.812. The number of thiophene rings is 1. The van der Waals surface area contributed by atoms with E-state index in [0.29, 0.717) is 5.02 Å². The van der Waals surface area contributed by atoms with Crippen molar-refractivity contribution in [1.29, 1.82) is 0 Å². The molecule has 0 amide bonds. The van der Waals surface area contributed by atoms with E-state index < -0.39 is 0 Å². The van der Waals surface area contributed by atoms with Gasteiger partial charge in [-0.2, -0.15) is 0 Å². The Kier molecular flexibility index (Phi) is 6.09. The fourth-order valence-electron chi connectivity index (χ4n) is 2.24. The molecule has 1 aromatic heterocycles. The second-order valence-corrected chi connectivity index (χ2v) is 6.92. The van der Waals surface area contributed by atoms with Gasteiger partial charge in [-0.3, -0.25) is 0 Å². The van der Waals surface area contributed by atoms with Crippen LogP contribution in [0.2, 0.25) is 5.02 Å². The van der Waals surface area contributed by atoms with Gasteiger partial charge in [0.15, 0.2) is 0 Å². The average Bonchev–Trinajstić information content (AvgIpc) is 2.85. The largest absolute Gasteiger partial charge is 0.489 e. The summed E-state index contributed by atoms with van der Waals surface area (Å²) in [6.45, 7) is 7.38. The van der Waals surface area contributed by atoms with E-state index in [1.807, 2.05) is 35.6 Å². The first-order valence-corrected chi connectivity index (χ1v) is 8.51. The Labute approximate surface area is 136 Å². The number of benzene rings is 1. The fourth-order valence-corrected chi connectivity index (χ4v) is 3.47. The first kappa shape index (κ1) is 16.3. The highest BCUT2D eigenvalue weighted by Gasteiger charge is 2.21. The molecule has 1 N–H and O–H groups in total. The maximum Gasteiger partial charge on any atom is 0.121 e. The van der Waals surface area contributed by atoms with E-state index in [4.69, 9.17) is 16.3 Å². The van der Waals surface area contributed by atoms with Crippen molar-refractivity contribution in [2.75, 3.05) is 6.54 Å². The Bertz CT molecular complexity index is 569. The fraction of sp³-hybridized carbons (Fsp3) is 0.412. The van der Waals surface area contributed by atoms with E-state index in [2.05, 4.69) is 38.2 Å². The third-order valence-electron chi connectivity index (χ3n) is 3.27. The molecule has 0 aliphatic heterocycles. The summed E-state index contributed by atoms with van der Waals surface area (Å²) in [5, 5.41) is 4.28. The molecule has 0 spiro atoms. The molecule has 2 unspecified atom stereocenters. The van der Waals surface area contributed by atoms with Crippen molar-refractivity contribution in [1.82, 2.24) is 5.32 Å². The second-order valence-electron chi connectivity index (χ2n) is 5.16. The molecule has 1 heterocycles. The quantitative estimate of drug-likeness (QED) is 0.754. The van der Waals surface area contributed by atoms with E-state index in [9.17, 15) is 0 Å². The van der Waals surface area contributed by atoms with E-state index in [1.54, 1.807) is 0 Å². The van der Waals surface area contributed by atoms with Gasteiger partial charge in [0.2, 0.25) is 0 Å². The van der Waals surface area contributed by atoms with Crippen LogP contribution in [0, 0.1) is 6.92 Å². The third-order valence-corrected chi connectivity index (χ3v) is 4.59. The monoisotopic (exact) mass is 323 g/mol. The zero-order valence-corrected chi connectivity index (χ0v) is 14.3. The number of hydrogen-bond donors (Lipinski definition) is 1. The highest BCUT2D eigenvalue weighted by Crippen LogP contribution is 2.28. The summed E-state index contributed by atoms with van der Waals surface area (Å²) in [7, 11) is 0. The molecule has 0 saturated carbocycles. The SMILES string of the molecule is CCCNC(c1ccc(C)s1)C(C)Oc1cccc(Cl)c1. The van der Waals surface area contributed by atoms with Crippen LogP contribution in [0.5, 0.6) is 5.75 Å². The molecule has 0 fully saturated rings. The summed E-state index contributed by atoms with van der Waals surface area (Å²) in [4.78, 5) is 2.64. The van der Waals surface area contributed by atoms with E-state index >= 15 is 0 Å². The minimum Gasteiger partial charge on any atom is -0.489 e. The van der Waals surface area contributed by atoms with Gasteiger partial charge in [0, 0.05) is 14.8 Å². The van der Waals surface area contributed by atoms with Gasteiger partial charge in [0.1, 0.15) is 11.9 Å². The van der Waals surface area contributed by atoms with Crippen LogP contribution in [0.3, 0.4) is 0 Å². The van der Waals surface area contributed by atoms with Crippen LogP contribution in [-0.2, 0) is 0 Å². The number of aryl methyl sites for hydroxylation is 1. The molecule has 0 radical (unpaired) electrons. The Morgan fingerprint density at radius 2 is 2.10 bits per heavy atom. The molecule has 4 heteroatoms. The second kappa shape index (κ2) is 7.83. The minimum atomic E-state index is 0.0352. The lowest BCUT2D eigenvalue weighted by Crippen LogP contribution is -2.33. The zero-order valence-electron chi connectivity index (χ0n) is 12.7. The highest BCUT2D eigenvalue weighted by molar-refractivity contribution is 7.12. The normalized spacial score (nSPS) is 13.9. The standard InChI is InChI=1S/C17H22ClNOS/c1-4-10-19-17(16-9-8-12(2)21-16)13(3)20-15-7-5-6-14(18)11-15/h5-9,11,13,17,19H,4,10H2,1-3H3. The third kappa shape index (κ3) is 4.73. The van der Waals surface area contributed by atoms with Gasteiger partial charge in [-0.25, -0.2) is 0 Å². The lowest BCUT2D eigenvalue weighted by Gasteiger charge is -2.25. The molecular weight excluding hydrogens is 302 g/mol. The van der Waals surface area contributed by atoms with Gasteiger partial charge in [-0.1, -0.05) is 24.6 Å². The molecule has 2 rings (SSSR count). The number of hydrogen-bond acceptors (Lipinski definition) is 3. The van der Waals surface area contributed by atoms with Crippen LogP contribution in [-0.4, -0.2) is 12.6 Å². The van der Waals surface area contributed by atoms with Crippen molar-refractivity contribution >= 4 is 22.9 Å². The van der Waals surface area contributed by atoms with Crippen molar-refractivity contribution < 1.29 is 4.74 Å². The van der Waals surface area contributed by atoms with Gasteiger partial charge < -0.3 is 10.1 Å². The summed E-state index contributed by atoms with van der Waals surface area (Å²) in [5.41, 5.74) is 0. The molecule has 0 saturated heterocycles. The number of rotatable bonds is 7. The predicted molar refractivity (Wildman–Crippen MR) is 91.6 cm³/mol. The van der Waals surface area contributed by atoms with Crippen molar-refractivity contribution in [2.24, 2.45) is 0 Å². The topological polar surface area (TPSA) is 21.3 Å². The number of nitrogens with one attached hydrogen (secondary N) is 1. The minimum absolute atomic E-state index is 0.0352. The van der Waals surface area contributed by atoms with Crippen LogP contribution >= 0.6 is 22.9 Å². The van der Waals surface area contributed by atoms with Crippen molar-refractivity contribution in [3.8, 4) is 5.75 Å².